The Morgan fingerprint density at radius 2 is 2.05 bits per heavy atom. The smallest absolute Gasteiger partial charge is 0.316 e. The molecule has 9 heteroatoms. The van der Waals surface area contributed by atoms with Crippen LogP contribution in [0.4, 0.5) is 0 Å². The van der Waals surface area contributed by atoms with Crippen molar-refractivity contribution in [3.05, 3.63) is 27.0 Å². The van der Waals surface area contributed by atoms with Gasteiger partial charge in [-0.25, -0.2) is 13.2 Å². The number of nitrogens with zero attached hydrogens (tertiary/aromatic N) is 1. The van der Waals surface area contributed by atoms with Gasteiger partial charge in [0.2, 0.25) is 10.0 Å². The largest absolute Gasteiger partial charge is 0.325 e. The molecular weight excluding hydrogens is 284 g/mol. The fraction of sp³-hybridized carbons (Fsp3) is 0.636. The van der Waals surface area contributed by atoms with Crippen molar-refractivity contribution in [2.24, 2.45) is 11.8 Å². The lowest BCUT2D eigenvalue weighted by molar-refractivity contribution is 0.360. The average molecular weight is 300 g/mol. The van der Waals surface area contributed by atoms with Crippen molar-refractivity contribution in [1.29, 1.82) is 0 Å². The topological polar surface area (TPSA) is 115 Å². The third kappa shape index (κ3) is 1.93. The summed E-state index contributed by atoms with van der Waals surface area (Å²) in [5.41, 5.74) is -1.60. The van der Waals surface area contributed by atoms with Crippen molar-refractivity contribution in [2.45, 2.75) is 17.9 Å². The quantitative estimate of drug-likeness (QED) is 0.602. The molecule has 2 fully saturated rings. The van der Waals surface area contributed by atoms with Gasteiger partial charge in [0.25, 0.3) is 5.56 Å². The number of H-pyrrole nitrogens is 2. The molecule has 0 spiro atoms. The van der Waals surface area contributed by atoms with E-state index in [9.17, 15) is 18.0 Å². The highest BCUT2D eigenvalue weighted by atomic mass is 32.2. The minimum Gasteiger partial charge on any atom is -0.316 e. The van der Waals surface area contributed by atoms with E-state index < -0.39 is 26.2 Å². The first-order valence-electron chi connectivity index (χ1n) is 6.46. The first-order chi connectivity index (χ1) is 9.41. The Bertz CT molecular complexity index is 737. The highest BCUT2D eigenvalue weighted by molar-refractivity contribution is 7.89. The molecule has 1 aromatic heterocycles. The van der Waals surface area contributed by atoms with Crippen LogP contribution < -0.4 is 16.6 Å². The summed E-state index contributed by atoms with van der Waals surface area (Å²) in [5.74, 6) is 0.549. The summed E-state index contributed by atoms with van der Waals surface area (Å²) in [6, 6.07) is -0.161. The number of nitrogens with one attached hydrogen (secondary N) is 3. The molecule has 110 valence electrons. The van der Waals surface area contributed by atoms with Gasteiger partial charge < -0.3 is 10.3 Å². The summed E-state index contributed by atoms with van der Waals surface area (Å²) >= 11 is 0. The molecule has 2 aliphatic rings. The van der Waals surface area contributed by atoms with Crippen molar-refractivity contribution < 1.29 is 8.42 Å². The van der Waals surface area contributed by atoms with Crippen LogP contribution in [0.1, 0.15) is 6.92 Å². The van der Waals surface area contributed by atoms with Crippen molar-refractivity contribution in [1.82, 2.24) is 19.6 Å². The zero-order valence-electron chi connectivity index (χ0n) is 10.9. The summed E-state index contributed by atoms with van der Waals surface area (Å²) < 4.78 is 26.5. The standard InChI is InChI=1S/C11H16N4O4S/c1-6-8-3-12-2-7(8)5-15(6)20(18,19)9-4-13-11(17)14-10(9)16/h4,6-8,12H,2-3,5H2,1H3,(H2,13,14,16,17). The summed E-state index contributed by atoms with van der Waals surface area (Å²) in [6.07, 6.45) is 0.968. The van der Waals surface area contributed by atoms with Gasteiger partial charge in [-0.1, -0.05) is 0 Å². The predicted octanol–water partition coefficient (Wildman–Crippen LogP) is -1.71. The van der Waals surface area contributed by atoms with Crippen LogP contribution >= 0.6 is 0 Å². The van der Waals surface area contributed by atoms with Crippen LogP contribution in [0, 0.1) is 11.8 Å². The molecule has 20 heavy (non-hydrogen) atoms. The molecule has 3 unspecified atom stereocenters. The minimum absolute atomic E-state index is 0.161. The Balaban J connectivity index is 2.01. The first kappa shape index (κ1) is 13.5. The zero-order valence-corrected chi connectivity index (χ0v) is 11.7. The summed E-state index contributed by atoms with van der Waals surface area (Å²) in [5, 5.41) is 3.25. The number of hydrogen-bond donors (Lipinski definition) is 3. The Kier molecular flexibility index (Phi) is 3.07. The Morgan fingerprint density at radius 1 is 1.30 bits per heavy atom. The lowest BCUT2D eigenvalue weighted by Gasteiger charge is -2.23. The Morgan fingerprint density at radius 3 is 2.70 bits per heavy atom. The van der Waals surface area contributed by atoms with Gasteiger partial charge >= 0.3 is 5.69 Å². The molecule has 3 N–H and O–H groups in total. The van der Waals surface area contributed by atoms with Gasteiger partial charge in [-0.3, -0.25) is 9.78 Å². The van der Waals surface area contributed by atoms with Crippen molar-refractivity contribution >= 4 is 10.0 Å². The molecule has 3 heterocycles. The lowest BCUT2D eigenvalue weighted by Crippen LogP contribution is -2.41. The van der Waals surface area contributed by atoms with Crippen LogP contribution in [0.3, 0.4) is 0 Å². The van der Waals surface area contributed by atoms with Gasteiger partial charge in [0.1, 0.15) is 0 Å². The maximum atomic E-state index is 12.6. The van der Waals surface area contributed by atoms with E-state index in [1.165, 1.54) is 4.31 Å². The van der Waals surface area contributed by atoms with Gasteiger partial charge in [-0.05, 0) is 31.8 Å². The summed E-state index contributed by atoms with van der Waals surface area (Å²) in [7, 11) is -3.89. The fourth-order valence-corrected chi connectivity index (χ4v) is 4.89. The normalized spacial score (nSPS) is 30.6. The number of sulfonamides is 1. The van der Waals surface area contributed by atoms with E-state index in [0.717, 1.165) is 19.3 Å². The number of rotatable bonds is 2. The number of hydrogen-bond acceptors (Lipinski definition) is 5. The lowest BCUT2D eigenvalue weighted by atomic mass is 9.95. The minimum atomic E-state index is -3.89. The van der Waals surface area contributed by atoms with E-state index in [0.29, 0.717) is 6.54 Å². The molecule has 8 nitrogen and oxygen atoms in total. The number of aromatic nitrogens is 2. The van der Waals surface area contributed by atoms with Gasteiger partial charge in [-0.15, -0.1) is 0 Å². The average Bonchev–Trinajstić information content (AvgIpc) is 2.92. The Labute approximate surface area is 115 Å². The van der Waals surface area contributed by atoms with E-state index in [1.807, 2.05) is 11.9 Å². The van der Waals surface area contributed by atoms with Gasteiger partial charge in [0.05, 0.1) is 0 Å². The van der Waals surface area contributed by atoms with Crippen molar-refractivity contribution in [3.63, 3.8) is 0 Å². The van der Waals surface area contributed by atoms with Crippen molar-refractivity contribution in [2.75, 3.05) is 19.6 Å². The zero-order chi connectivity index (χ0) is 14.5. The molecule has 0 radical (unpaired) electrons. The molecule has 0 aliphatic carbocycles. The molecule has 3 atom stereocenters. The molecule has 0 bridgehead atoms. The second-order valence-corrected chi connectivity index (χ2v) is 7.19. The SMILES string of the molecule is CC1C2CNCC2CN1S(=O)(=O)c1c[nH]c(=O)[nH]c1=O. The van der Waals surface area contributed by atoms with Crippen LogP contribution in [-0.2, 0) is 10.0 Å². The molecular formula is C11H16N4O4S. The van der Waals surface area contributed by atoms with E-state index >= 15 is 0 Å². The molecule has 0 amide bonds. The maximum absolute atomic E-state index is 12.6. The fourth-order valence-electron chi connectivity index (χ4n) is 3.16. The maximum Gasteiger partial charge on any atom is 0.325 e. The second-order valence-electron chi connectivity index (χ2n) is 5.33. The van der Waals surface area contributed by atoms with Crippen LogP contribution in [0.2, 0.25) is 0 Å². The summed E-state index contributed by atoms with van der Waals surface area (Å²) in [6.45, 7) is 3.84. The van der Waals surface area contributed by atoms with E-state index in [1.54, 1.807) is 0 Å². The van der Waals surface area contributed by atoms with Gasteiger partial charge in [0.15, 0.2) is 4.90 Å². The van der Waals surface area contributed by atoms with E-state index in [4.69, 9.17) is 0 Å². The highest BCUT2D eigenvalue weighted by Crippen LogP contribution is 2.35. The first-order valence-corrected chi connectivity index (χ1v) is 7.90. The van der Waals surface area contributed by atoms with E-state index in [2.05, 4.69) is 10.3 Å². The molecule has 0 aromatic carbocycles. The van der Waals surface area contributed by atoms with Crippen LogP contribution in [-0.4, -0.2) is 48.4 Å². The third-order valence-corrected chi connectivity index (χ3v) is 6.21. The second kappa shape index (κ2) is 4.54. The molecule has 1 aromatic rings. The van der Waals surface area contributed by atoms with E-state index in [-0.39, 0.29) is 17.9 Å². The monoisotopic (exact) mass is 300 g/mol. The highest BCUT2D eigenvalue weighted by Gasteiger charge is 2.47. The molecule has 3 rings (SSSR count). The van der Waals surface area contributed by atoms with Crippen molar-refractivity contribution in [3.8, 4) is 0 Å². The Hall–Kier alpha value is -1.45. The number of aromatic amines is 2. The van der Waals surface area contributed by atoms with Gasteiger partial charge in [0, 0.05) is 18.8 Å². The predicted molar refractivity (Wildman–Crippen MR) is 70.9 cm³/mol. The molecule has 0 saturated carbocycles. The van der Waals surface area contributed by atoms with Gasteiger partial charge in [-0.2, -0.15) is 4.31 Å². The van der Waals surface area contributed by atoms with Crippen LogP contribution in [0.15, 0.2) is 20.7 Å². The van der Waals surface area contributed by atoms with Crippen LogP contribution in [0.25, 0.3) is 0 Å². The third-order valence-electron chi connectivity index (χ3n) is 4.25. The molecule has 2 aliphatic heterocycles. The molecule has 2 saturated heterocycles. The number of fused-ring (bicyclic) bond motifs is 1. The summed E-state index contributed by atoms with van der Waals surface area (Å²) in [4.78, 5) is 26.4. The van der Waals surface area contributed by atoms with Crippen LogP contribution in [0.5, 0.6) is 0 Å².